The highest BCUT2D eigenvalue weighted by Crippen LogP contribution is 2.26. The van der Waals surface area contributed by atoms with Crippen LogP contribution in [0.5, 0.6) is 0 Å². The SMILES string of the molecule is CCCC(CCC)C(=O)N1CCC(C)CC1C(=O)O. The van der Waals surface area contributed by atoms with Crippen molar-refractivity contribution in [2.75, 3.05) is 6.54 Å². The Kier molecular flexibility index (Phi) is 6.32. The molecule has 1 aliphatic rings. The van der Waals surface area contributed by atoms with E-state index >= 15 is 0 Å². The Morgan fingerprint density at radius 2 is 1.84 bits per heavy atom. The van der Waals surface area contributed by atoms with E-state index in [1.807, 2.05) is 0 Å². The molecule has 1 fully saturated rings. The molecule has 0 aromatic rings. The van der Waals surface area contributed by atoms with Gasteiger partial charge in [0.25, 0.3) is 0 Å². The van der Waals surface area contributed by atoms with Crippen molar-refractivity contribution >= 4 is 11.9 Å². The third-order valence-electron chi connectivity index (χ3n) is 4.06. The molecule has 0 radical (unpaired) electrons. The Hall–Kier alpha value is -1.06. The summed E-state index contributed by atoms with van der Waals surface area (Å²) in [5.74, 6) is -0.402. The Morgan fingerprint density at radius 1 is 1.26 bits per heavy atom. The Labute approximate surface area is 116 Å². The Bertz CT molecular complexity index is 311. The average Bonchev–Trinajstić information content (AvgIpc) is 2.37. The molecular weight excluding hydrogens is 242 g/mol. The van der Waals surface area contributed by atoms with Crippen LogP contribution < -0.4 is 0 Å². The molecule has 110 valence electrons. The van der Waals surface area contributed by atoms with Gasteiger partial charge in [-0.15, -0.1) is 0 Å². The molecule has 0 aromatic carbocycles. The minimum absolute atomic E-state index is 0.00487. The van der Waals surface area contributed by atoms with Crippen LogP contribution in [0.3, 0.4) is 0 Å². The second kappa shape index (κ2) is 7.51. The Balaban J connectivity index is 2.78. The lowest BCUT2D eigenvalue weighted by Gasteiger charge is -2.38. The number of nitrogens with zero attached hydrogens (tertiary/aromatic N) is 1. The van der Waals surface area contributed by atoms with E-state index in [1.54, 1.807) is 4.90 Å². The molecule has 0 saturated carbocycles. The summed E-state index contributed by atoms with van der Waals surface area (Å²) in [5.41, 5.74) is 0. The minimum atomic E-state index is -0.855. The molecule has 1 aliphatic heterocycles. The fourth-order valence-electron chi connectivity index (χ4n) is 2.96. The van der Waals surface area contributed by atoms with Crippen molar-refractivity contribution in [1.29, 1.82) is 0 Å². The highest BCUT2D eigenvalue weighted by Gasteiger charge is 2.36. The molecule has 4 heteroatoms. The van der Waals surface area contributed by atoms with Crippen molar-refractivity contribution in [2.45, 2.75) is 65.3 Å². The molecule has 1 amide bonds. The van der Waals surface area contributed by atoms with E-state index in [-0.39, 0.29) is 11.8 Å². The second-order valence-electron chi connectivity index (χ2n) is 5.79. The number of aliphatic carboxylic acids is 1. The van der Waals surface area contributed by atoms with Gasteiger partial charge in [0.15, 0.2) is 0 Å². The van der Waals surface area contributed by atoms with Gasteiger partial charge in [-0.05, 0) is 31.6 Å². The molecule has 4 nitrogen and oxygen atoms in total. The number of carboxylic acid groups (broad SMARTS) is 1. The third-order valence-corrected chi connectivity index (χ3v) is 4.06. The number of likely N-dealkylation sites (tertiary alicyclic amines) is 1. The van der Waals surface area contributed by atoms with Crippen LogP contribution in [0, 0.1) is 11.8 Å². The van der Waals surface area contributed by atoms with Crippen LogP contribution in [0.25, 0.3) is 0 Å². The number of carboxylic acids is 1. The molecule has 1 heterocycles. The molecule has 1 saturated heterocycles. The van der Waals surface area contributed by atoms with Crippen LogP contribution in [0.1, 0.15) is 59.3 Å². The zero-order valence-electron chi connectivity index (χ0n) is 12.4. The number of carbonyl (C=O) groups is 2. The van der Waals surface area contributed by atoms with Crippen molar-refractivity contribution in [3.05, 3.63) is 0 Å². The van der Waals surface area contributed by atoms with E-state index < -0.39 is 12.0 Å². The summed E-state index contributed by atoms with van der Waals surface area (Å²) in [4.78, 5) is 25.5. The molecule has 1 rings (SSSR count). The standard InChI is InChI=1S/C15H27NO3/c1-4-6-12(7-5-2)14(17)16-9-8-11(3)10-13(16)15(18)19/h11-13H,4-10H2,1-3H3,(H,18,19). The van der Waals surface area contributed by atoms with Gasteiger partial charge in [-0.3, -0.25) is 4.79 Å². The lowest BCUT2D eigenvalue weighted by molar-refractivity contribution is -0.155. The van der Waals surface area contributed by atoms with Crippen LogP contribution in [0.15, 0.2) is 0 Å². The summed E-state index contributed by atoms with van der Waals surface area (Å²) in [5, 5.41) is 9.32. The van der Waals surface area contributed by atoms with Gasteiger partial charge >= 0.3 is 5.97 Å². The summed E-state index contributed by atoms with van der Waals surface area (Å²) in [7, 11) is 0. The molecule has 19 heavy (non-hydrogen) atoms. The van der Waals surface area contributed by atoms with Gasteiger partial charge in [-0.2, -0.15) is 0 Å². The maximum atomic E-state index is 12.6. The first-order valence-electron chi connectivity index (χ1n) is 7.54. The Morgan fingerprint density at radius 3 is 2.32 bits per heavy atom. The molecule has 2 unspecified atom stereocenters. The number of hydrogen-bond acceptors (Lipinski definition) is 2. The monoisotopic (exact) mass is 269 g/mol. The highest BCUT2D eigenvalue weighted by molar-refractivity contribution is 5.85. The quantitative estimate of drug-likeness (QED) is 0.806. The summed E-state index contributed by atoms with van der Waals surface area (Å²) < 4.78 is 0. The van der Waals surface area contributed by atoms with Crippen molar-refractivity contribution < 1.29 is 14.7 Å². The smallest absolute Gasteiger partial charge is 0.326 e. The summed E-state index contributed by atoms with van der Waals surface area (Å²) >= 11 is 0. The molecular formula is C15H27NO3. The van der Waals surface area contributed by atoms with Crippen LogP contribution >= 0.6 is 0 Å². The van der Waals surface area contributed by atoms with Gasteiger partial charge in [-0.1, -0.05) is 33.6 Å². The zero-order valence-corrected chi connectivity index (χ0v) is 12.4. The fraction of sp³-hybridized carbons (Fsp3) is 0.867. The van der Waals surface area contributed by atoms with Crippen molar-refractivity contribution in [2.24, 2.45) is 11.8 Å². The van der Waals surface area contributed by atoms with Crippen molar-refractivity contribution in [3.63, 3.8) is 0 Å². The first-order valence-corrected chi connectivity index (χ1v) is 7.54. The van der Waals surface area contributed by atoms with E-state index in [1.165, 1.54) is 0 Å². The van der Waals surface area contributed by atoms with Gasteiger partial charge in [0.1, 0.15) is 6.04 Å². The van der Waals surface area contributed by atoms with E-state index in [2.05, 4.69) is 20.8 Å². The molecule has 2 atom stereocenters. The largest absolute Gasteiger partial charge is 0.480 e. The zero-order chi connectivity index (χ0) is 14.4. The van der Waals surface area contributed by atoms with Gasteiger partial charge in [0.05, 0.1) is 0 Å². The van der Waals surface area contributed by atoms with E-state index in [9.17, 15) is 14.7 Å². The van der Waals surface area contributed by atoms with Crippen molar-refractivity contribution in [3.8, 4) is 0 Å². The minimum Gasteiger partial charge on any atom is -0.480 e. The van der Waals surface area contributed by atoms with Crippen LogP contribution in [-0.4, -0.2) is 34.5 Å². The third kappa shape index (κ3) is 4.22. The molecule has 0 spiro atoms. The first-order chi connectivity index (χ1) is 9.01. The van der Waals surface area contributed by atoms with E-state index in [4.69, 9.17) is 0 Å². The number of amides is 1. The van der Waals surface area contributed by atoms with Crippen molar-refractivity contribution in [1.82, 2.24) is 4.90 Å². The summed E-state index contributed by atoms with van der Waals surface area (Å²) in [6, 6.07) is -0.618. The lowest BCUT2D eigenvalue weighted by Crippen LogP contribution is -2.51. The molecule has 0 aliphatic carbocycles. The van der Waals surface area contributed by atoms with Gasteiger partial charge < -0.3 is 10.0 Å². The maximum absolute atomic E-state index is 12.6. The molecule has 0 aromatic heterocycles. The van der Waals surface area contributed by atoms with E-state index in [0.29, 0.717) is 18.9 Å². The average molecular weight is 269 g/mol. The van der Waals surface area contributed by atoms with Gasteiger partial charge in [-0.25, -0.2) is 4.79 Å². The molecule has 1 N–H and O–H groups in total. The number of hydrogen-bond donors (Lipinski definition) is 1. The topological polar surface area (TPSA) is 57.6 Å². The maximum Gasteiger partial charge on any atom is 0.326 e. The van der Waals surface area contributed by atoms with Gasteiger partial charge in [0.2, 0.25) is 5.91 Å². The second-order valence-corrected chi connectivity index (χ2v) is 5.79. The van der Waals surface area contributed by atoms with Crippen LogP contribution in [-0.2, 0) is 9.59 Å². The predicted molar refractivity (Wildman–Crippen MR) is 74.8 cm³/mol. The summed E-state index contributed by atoms with van der Waals surface area (Å²) in [6.07, 6.45) is 5.18. The van der Waals surface area contributed by atoms with Crippen LogP contribution in [0.2, 0.25) is 0 Å². The first kappa shape index (κ1) is 16.0. The fourth-order valence-corrected chi connectivity index (χ4v) is 2.96. The highest BCUT2D eigenvalue weighted by atomic mass is 16.4. The van der Waals surface area contributed by atoms with Crippen LogP contribution in [0.4, 0.5) is 0 Å². The molecule has 0 bridgehead atoms. The number of piperidine rings is 1. The number of rotatable bonds is 6. The summed E-state index contributed by atoms with van der Waals surface area (Å²) in [6.45, 7) is 6.81. The predicted octanol–water partition coefficient (Wildman–Crippen LogP) is 2.91. The van der Waals surface area contributed by atoms with Gasteiger partial charge in [0, 0.05) is 12.5 Å². The number of carbonyl (C=O) groups excluding carboxylic acids is 1. The normalized spacial score (nSPS) is 23.7. The van der Waals surface area contributed by atoms with E-state index in [0.717, 1.165) is 32.1 Å². The lowest BCUT2D eigenvalue weighted by atomic mass is 9.89.